The fraction of sp³-hybridized carbons (Fsp3) is 0.267. The number of hydrogen-bond acceptors (Lipinski definition) is 4. The van der Waals surface area contributed by atoms with Crippen molar-refractivity contribution in [3.05, 3.63) is 48.4 Å². The van der Waals surface area contributed by atoms with Crippen molar-refractivity contribution < 1.29 is 13.9 Å². The molecular formula is C15H17NO3. The highest BCUT2D eigenvalue weighted by molar-refractivity contribution is 5.71. The van der Waals surface area contributed by atoms with E-state index in [9.17, 15) is 4.79 Å². The Morgan fingerprint density at radius 1 is 1.37 bits per heavy atom. The zero-order valence-electron chi connectivity index (χ0n) is 10.8. The summed E-state index contributed by atoms with van der Waals surface area (Å²) in [6.45, 7) is 2.16. The van der Waals surface area contributed by atoms with Crippen molar-refractivity contribution in [1.82, 2.24) is 0 Å². The molecule has 4 heteroatoms. The molecule has 2 N–H and O–H groups in total. The topological polar surface area (TPSA) is 65.5 Å². The van der Waals surface area contributed by atoms with E-state index in [1.165, 1.54) is 0 Å². The summed E-state index contributed by atoms with van der Waals surface area (Å²) in [5.41, 5.74) is 8.94. The molecule has 0 aliphatic carbocycles. The molecule has 0 radical (unpaired) electrons. The molecule has 0 spiro atoms. The number of nitrogens with two attached hydrogens (primary N) is 1. The fourth-order valence-electron chi connectivity index (χ4n) is 1.89. The van der Waals surface area contributed by atoms with Crippen molar-refractivity contribution in [2.75, 3.05) is 6.61 Å². The summed E-state index contributed by atoms with van der Waals surface area (Å²) in [7, 11) is 0. The number of ether oxygens (including phenoxy) is 1. The highest BCUT2D eigenvalue weighted by Gasteiger charge is 2.13. The SMILES string of the molecule is CCOC(=O)CC(N)c1cccc(-c2ccoc2)c1. The van der Waals surface area contributed by atoms with Crippen LogP contribution < -0.4 is 5.73 Å². The van der Waals surface area contributed by atoms with E-state index in [0.717, 1.165) is 16.7 Å². The van der Waals surface area contributed by atoms with Gasteiger partial charge in [0.15, 0.2) is 0 Å². The van der Waals surface area contributed by atoms with Crippen LogP contribution in [0.25, 0.3) is 11.1 Å². The quantitative estimate of drug-likeness (QED) is 0.838. The first kappa shape index (κ1) is 13.4. The molecule has 0 amide bonds. The van der Waals surface area contributed by atoms with E-state index in [2.05, 4.69) is 0 Å². The second kappa shape index (κ2) is 6.20. The lowest BCUT2D eigenvalue weighted by Gasteiger charge is -2.12. The predicted molar refractivity (Wildman–Crippen MR) is 72.3 cm³/mol. The molecule has 1 unspecified atom stereocenters. The van der Waals surface area contributed by atoms with Gasteiger partial charge in [0, 0.05) is 11.6 Å². The third-order valence-electron chi connectivity index (χ3n) is 2.86. The molecular weight excluding hydrogens is 242 g/mol. The zero-order valence-corrected chi connectivity index (χ0v) is 10.8. The van der Waals surface area contributed by atoms with Gasteiger partial charge >= 0.3 is 5.97 Å². The Morgan fingerprint density at radius 2 is 2.21 bits per heavy atom. The van der Waals surface area contributed by atoms with Gasteiger partial charge in [0.2, 0.25) is 0 Å². The maximum absolute atomic E-state index is 11.4. The summed E-state index contributed by atoms with van der Waals surface area (Å²) >= 11 is 0. The highest BCUT2D eigenvalue weighted by Crippen LogP contribution is 2.24. The first-order chi connectivity index (χ1) is 9.20. The van der Waals surface area contributed by atoms with Gasteiger partial charge in [-0.25, -0.2) is 0 Å². The van der Waals surface area contributed by atoms with Gasteiger partial charge in [0.05, 0.1) is 25.6 Å². The summed E-state index contributed by atoms with van der Waals surface area (Å²) in [6, 6.07) is 9.30. The third kappa shape index (κ3) is 3.45. The number of benzene rings is 1. The number of furan rings is 1. The molecule has 2 rings (SSSR count). The first-order valence-electron chi connectivity index (χ1n) is 6.24. The molecule has 0 bridgehead atoms. The van der Waals surface area contributed by atoms with Crippen LogP contribution in [-0.4, -0.2) is 12.6 Å². The summed E-state index contributed by atoms with van der Waals surface area (Å²) in [5, 5.41) is 0. The van der Waals surface area contributed by atoms with Crippen LogP contribution in [0.4, 0.5) is 0 Å². The Labute approximate surface area is 112 Å². The van der Waals surface area contributed by atoms with Crippen molar-refractivity contribution in [2.24, 2.45) is 5.73 Å². The van der Waals surface area contributed by atoms with Crippen molar-refractivity contribution >= 4 is 5.97 Å². The van der Waals surface area contributed by atoms with Gasteiger partial charge in [-0.05, 0) is 30.2 Å². The summed E-state index contributed by atoms with van der Waals surface area (Å²) < 4.78 is 9.96. The largest absolute Gasteiger partial charge is 0.472 e. The van der Waals surface area contributed by atoms with Gasteiger partial charge < -0.3 is 14.9 Å². The zero-order chi connectivity index (χ0) is 13.7. The normalized spacial score (nSPS) is 12.1. The molecule has 0 saturated carbocycles. The van der Waals surface area contributed by atoms with Crippen LogP contribution in [0.1, 0.15) is 24.9 Å². The van der Waals surface area contributed by atoms with E-state index in [1.807, 2.05) is 30.3 Å². The van der Waals surface area contributed by atoms with Crippen LogP contribution in [0.15, 0.2) is 47.3 Å². The lowest BCUT2D eigenvalue weighted by Crippen LogP contribution is -2.17. The number of hydrogen-bond donors (Lipinski definition) is 1. The Hall–Kier alpha value is -2.07. The molecule has 0 fully saturated rings. The second-order valence-corrected chi connectivity index (χ2v) is 4.25. The lowest BCUT2D eigenvalue weighted by molar-refractivity contribution is -0.143. The summed E-state index contributed by atoms with van der Waals surface area (Å²) in [6.07, 6.45) is 3.49. The Morgan fingerprint density at radius 3 is 2.89 bits per heavy atom. The monoisotopic (exact) mass is 259 g/mol. The molecule has 0 saturated heterocycles. The Bertz CT molecular complexity index is 534. The fourth-order valence-corrected chi connectivity index (χ4v) is 1.89. The minimum absolute atomic E-state index is 0.183. The smallest absolute Gasteiger partial charge is 0.307 e. The average Bonchev–Trinajstić information content (AvgIpc) is 2.93. The van der Waals surface area contributed by atoms with Crippen LogP contribution in [0, 0.1) is 0 Å². The van der Waals surface area contributed by atoms with Crippen LogP contribution in [0.5, 0.6) is 0 Å². The molecule has 4 nitrogen and oxygen atoms in total. The molecule has 100 valence electrons. The highest BCUT2D eigenvalue weighted by atomic mass is 16.5. The van der Waals surface area contributed by atoms with Gasteiger partial charge in [0.25, 0.3) is 0 Å². The lowest BCUT2D eigenvalue weighted by atomic mass is 10.00. The molecule has 1 atom stereocenters. The first-order valence-corrected chi connectivity index (χ1v) is 6.24. The van der Waals surface area contributed by atoms with Crippen molar-refractivity contribution in [1.29, 1.82) is 0 Å². The van der Waals surface area contributed by atoms with E-state index >= 15 is 0 Å². The number of rotatable bonds is 5. The van der Waals surface area contributed by atoms with Gasteiger partial charge in [-0.2, -0.15) is 0 Å². The number of carbonyl (C=O) groups excluding carboxylic acids is 1. The number of carbonyl (C=O) groups is 1. The minimum atomic E-state index is -0.356. The molecule has 1 aromatic carbocycles. The molecule has 1 heterocycles. The second-order valence-electron chi connectivity index (χ2n) is 4.25. The van der Waals surface area contributed by atoms with Crippen LogP contribution in [0.3, 0.4) is 0 Å². The molecule has 0 aliphatic rings. The predicted octanol–water partition coefficient (Wildman–Crippen LogP) is 2.90. The van der Waals surface area contributed by atoms with Crippen molar-refractivity contribution in [2.45, 2.75) is 19.4 Å². The van der Waals surface area contributed by atoms with E-state index < -0.39 is 0 Å². The van der Waals surface area contributed by atoms with Crippen molar-refractivity contribution in [3.8, 4) is 11.1 Å². The molecule has 0 aliphatic heterocycles. The van der Waals surface area contributed by atoms with Crippen LogP contribution in [-0.2, 0) is 9.53 Å². The van der Waals surface area contributed by atoms with Gasteiger partial charge in [-0.15, -0.1) is 0 Å². The standard InChI is InChI=1S/C15H17NO3/c1-2-19-15(17)9-14(16)12-5-3-4-11(8-12)13-6-7-18-10-13/h3-8,10,14H,2,9,16H2,1H3. The van der Waals surface area contributed by atoms with E-state index in [4.69, 9.17) is 14.9 Å². The van der Waals surface area contributed by atoms with Crippen LogP contribution >= 0.6 is 0 Å². The Balaban J connectivity index is 2.12. The van der Waals surface area contributed by atoms with Crippen molar-refractivity contribution in [3.63, 3.8) is 0 Å². The molecule has 19 heavy (non-hydrogen) atoms. The summed E-state index contributed by atoms with van der Waals surface area (Å²) in [4.78, 5) is 11.4. The maximum atomic E-state index is 11.4. The molecule has 1 aromatic heterocycles. The number of esters is 1. The average molecular weight is 259 g/mol. The Kier molecular flexibility index (Phi) is 4.36. The molecule has 2 aromatic rings. The summed E-state index contributed by atoms with van der Waals surface area (Å²) in [5.74, 6) is -0.274. The van der Waals surface area contributed by atoms with Crippen LogP contribution in [0.2, 0.25) is 0 Å². The van der Waals surface area contributed by atoms with Gasteiger partial charge in [-0.3, -0.25) is 4.79 Å². The maximum Gasteiger partial charge on any atom is 0.307 e. The van der Waals surface area contributed by atoms with E-state index in [0.29, 0.717) is 6.61 Å². The van der Waals surface area contributed by atoms with E-state index in [1.54, 1.807) is 19.5 Å². The van der Waals surface area contributed by atoms with Gasteiger partial charge in [-0.1, -0.05) is 18.2 Å². The van der Waals surface area contributed by atoms with E-state index in [-0.39, 0.29) is 18.4 Å². The minimum Gasteiger partial charge on any atom is -0.472 e. The third-order valence-corrected chi connectivity index (χ3v) is 2.86. The van der Waals surface area contributed by atoms with Gasteiger partial charge in [0.1, 0.15) is 0 Å².